The van der Waals surface area contributed by atoms with Gasteiger partial charge in [0.2, 0.25) is 0 Å². The summed E-state index contributed by atoms with van der Waals surface area (Å²) >= 11 is 0. The van der Waals surface area contributed by atoms with Crippen molar-refractivity contribution in [2.75, 3.05) is 13.2 Å². The van der Waals surface area contributed by atoms with Crippen molar-refractivity contribution in [2.24, 2.45) is 0 Å². The lowest BCUT2D eigenvalue weighted by molar-refractivity contribution is 0.244. The maximum Gasteiger partial charge on any atom is 0.0626 e. The van der Waals surface area contributed by atoms with Gasteiger partial charge >= 0.3 is 0 Å². The first-order valence-corrected chi connectivity index (χ1v) is 8.16. The van der Waals surface area contributed by atoms with Gasteiger partial charge in [-0.15, -0.1) is 0 Å². The van der Waals surface area contributed by atoms with Crippen molar-refractivity contribution in [3.05, 3.63) is 34.9 Å². The maximum atomic E-state index is 9.55. The average Bonchev–Trinajstić information content (AvgIpc) is 2.46. The summed E-state index contributed by atoms with van der Waals surface area (Å²) in [5.41, 5.74) is 4.02. The Labute approximate surface area is 124 Å². The summed E-state index contributed by atoms with van der Waals surface area (Å²) in [6.45, 7) is 7.75. The Morgan fingerprint density at radius 1 is 1.10 bits per heavy atom. The smallest absolute Gasteiger partial charge is 0.0626 e. The van der Waals surface area contributed by atoms with Crippen molar-refractivity contribution in [1.82, 2.24) is 5.32 Å². The van der Waals surface area contributed by atoms with Crippen LogP contribution < -0.4 is 5.32 Å². The maximum absolute atomic E-state index is 9.55. The van der Waals surface area contributed by atoms with Crippen molar-refractivity contribution in [3.8, 4) is 0 Å². The fourth-order valence-corrected chi connectivity index (χ4v) is 2.52. The molecule has 0 radical (unpaired) electrons. The second-order valence-electron chi connectivity index (χ2n) is 5.69. The van der Waals surface area contributed by atoms with Gasteiger partial charge in [0, 0.05) is 0 Å². The zero-order chi connectivity index (χ0) is 14.8. The quantitative estimate of drug-likeness (QED) is 0.630. The fourth-order valence-electron chi connectivity index (χ4n) is 2.52. The van der Waals surface area contributed by atoms with Crippen molar-refractivity contribution < 1.29 is 5.11 Å². The monoisotopic (exact) mass is 277 g/mol. The van der Waals surface area contributed by atoms with Crippen LogP contribution in [-0.4, -0.2) is 18.3 Å². The zero-order valence-corrected chi connectivity index (χ0v) is 13.4. The molecule has 1 rings (SSSR count). The normalized spacial score (nSPS) is 12.6. The Bertz CT molecular complexity index is 376. The second kappa shape index (κ2) is 9.95. The van der Waals surface area contributed by atoms with Gasteiger partial charge in [0.15, 0.2) is 0 Å². The van der Waals surface area contributed by atoms with Crippen molar-refractivity contribution in [1.29, 1.82) is 0 Å². The van der Waals surface area contributed by atoms with Crippen LogP contribution in [0.5, 0.6) is 0 Å². The molecule has 0 aliphatic carbocycles. The summed E-state index contributed by atoms with van der Waals surface area (Å²) in [6.07, 6.45) is 7.36. The van der Waals surface area contributed by atoms with Gasteiger partial charge in [-0.3, -0.25) is 0 Å². The van der Waals surface area contributed by atoms with Crippen LogP contribution in [0, 0.1) is 6.92 Å². The number of benzene rings is 1. The molecule has 0 bridgehead atoms. The number of nitrogens with one attached hydrogen (secondary N) is 1. The van der Waals surface area contributed by atoms with Crippen LogP contribution >= 0.6 is 0 Å². The average molecular weight is 277 g/mol. The molecule has 114 valence electrons. The van der Waals surface area contributed by atoms with Gasteiger partial charge in [0.25, 0.3) is 0 Å². The minimum absolute atomic E-state index is 0.0740. The van der Waals surface area contributed by atoms with Crippen LogP contribution in [0.1, 0.15) is 68.7 Å². The Balaban J connectivity index is 2.63. The second-order valence-corrected chi connectivity index (χ2v) is 5.69. The van der Waals surface area contributed by atoms with Gasteiger partial charge in [-0.1, -0.05) is 51.3 Å². The van der Waals surface area contributed by atoms with E-state index in [1.807, 2.05) is 0 Å². The van der Waals surface area contributed by atoms with Crippen LogP contribution in [0.15, 0.2) is 18.2 Å². The molecule has 0 aliphatic rings. The van der Waals surface area contributed by atoms with Crippen LogP contribution in [0.3, 0.4) is 0 Å². The summed E-state index contributed by atoms with van der Waals surface area (Å²) in [5.74, 6) is 0. The predicted octanol–water partition coefficient (Wildman–Crippen LogP) is 4.15. The van der Waals surface area contributed by atoms with Gasteiger partial charge in [-0.05, 0) is 49.4 Å². The molecule has 0 aromatic heterocycles. The first-order valence-electron chi connectivity index (χ1n) is 8.16. The molecular weight excluding hydrogens is 246 g/mol. The minimum Gasteiger partial charge on any atom is -0.394 e. The minimum atomic E-state index is 0.0740. The third-order valence-corrected chi connectivity index (χ3v) is 3.92. The summed E-state index contributed by atoms with van der Waals surface area (Å²) in [6, 6.07) is 6.73. The van der Waals surface area contributed by atoms with Gasteiger partial charge in [0.05, 0.1) is 12.6 Å². The molecule has 1 aromatic rings. The van der Waals surface area contributed by atoms with Crippen LogP contribution in [0.4, 0.5) is 0 Å². The molecule has 2 heteroatoms. The Kier molecular flexibility index (Phi) is 8.56. The lowest BCUT2D eigenvalue weighted by Gasteiger charge is -2.18. The Morgan fingerprint density at radius 3 is 2.45 bits per heavy atom. The number of unbranched alkanes of at least 4 members (excludes halogenated alkanes) is 3. The summed E-state index contributed by atoms with van der Waals surface area (Å²) < 4.78 is 0. The molecule has 0 amide bonds. The molecule has 0 heterocycles. The molecular formula is C18H31NO. The molecule has 2 N–H and O–H groups in total. The predicted molar refractivity (Wildman–Crippen MR) is 87.1 cm³/mol. The van der Waals surface area contributed by atoms with Crippen LogP contribution in [-0.2, 0) is 6.42 Å². The first-order chi connectivity index (χ1) is 9.72. The molecule has 0 aliphatic heterocycles. The third kappa shape index (κ3) is 5.64. The fraction of sp³-hybridized carbons (Fsp3) is 0.667. The van der Waals surface area contributed by atoms with E-state index < -0.39 is 0 Å². The first kappa shape index (κ1) is 17.2. The van der Waals surface area contributed by atoms with E-state index in [9.17, 15) is 5.11 Å². The van der Waals surface area contributed by atoms with E-state index in [0.717, 1.165) is 13.0 Å². The SMILES string of the molecule is CCCCCc1ccc(C(CO)NCCCC)cc1C. The molecule has 1 atom stereocenters. The van der Waals surface area contributed by atoms with Crippen LogP contribution in [0.2, 0.25) is 0 Å². The van der Waals surface area contributed by atoms with E-state index in [2.05, 4.69) is 44.3 Å². The summed E-state index contributed by atoms with van der Waals surface area (Å²) in [7, 11) is 0. The Morgan fingerprint density at radius 2 is 1.85 bits per heavy atom. The summed E-state index contributed by atoms with van der Waals surface area (Å²) in [5, 5.41) is 13.0. The van der Waals surface area contributed by atoms with Crippen molar-refractivity contribution >= 4 is 0 Å². The van der Waals surface area contributed by atoms with Gasteiger partial charge < -0.3 is 10.4 Å². The molecule has 1 unspecified atom stereocenters. The number of rotatable bonds is 10. The van der Waals surface area contributed by atoms with Gasteiger partial charge in [-0.25, -0.2) is 0 Å². The lowest BCUT2D eigenvalue weighted by Crippen LogP contribution is -2.25. The van der Waals surface area contributed by atoms with E-state index in [-0.39, 0.29) is 12.6 Å². The highest BCUT2D eigenvalue weighted by atomic mass is 16.3. The largest absolute Gasteiger partial charge is 0.394 e. The van der Waals surface area contributed by atoms with E-state index in [4.69, 9.17) is 0 Å². The highest BCUT2D eigenvalue weighted by Crippen LogP contribution is 2.19. The molecule has 0 spiro atoms. The van der Waals surface area contributed by atoms with E-state index in [1.165, 1.54) is 48.8 Å². The standard InChI is InChI=1S/C18H31NO/c1-4-6-8-9-16-10-11-17(13-15(16)3)18(14-20)19-12-7-5-2/h10-11,13,18-20H,4-9,12,14H2,1-3H3. The zero-order valence-electron chi connectivity index (χ0n) is 13.4. The topological polar surface area (TPSA) is 32.3 Å². The van der Waals surface area contributed by atoms with Gasteiger partial charge in [-0.2, -0.15) is 0 Å². The third-order valence-electron chi connectivity index (χ3n) is 3.92. The highest BCUT2D eigenvalue weighted by Gasteiger charge is 2.10. The number of aliphatic hydroxyl groups is 1. The van der Waals surface area contributed by atoms with E-state index in [1.54, 1.807) is 0 Å². The highest BCUT2D eigenvalue weighted by molar-refractivity contribution is 5.33. The van der Waals surface area contributed by atoms with Gasteiger partial charge in [0.1, 0.15) is 0 Å². The van der Waals surface area contributed by atoms with E-state index >= 15 is 0 Å². The molecule has 20 heavy (non-hydrogen) atoms. The Hall–Kier alpha value is -0.860. The lowest BCUT2D eigenvalue weighted by atomic mass is 9.97. The molecule has 1 aromatic carbocycles. The summed E-state index contributed by atoms with van der Waals surface area (Å²) in [4.78, 5) is 0. The molecule has 2 nitrogen and oxygen atoms in total. The van der Waals surface area contributed by atoms with E-state index in [0.29, 0.717) is 0 Å². The number of hydrogen-bond donors (Lipinski definition) is 2. The molecule has 0 fully saturated rings. The van der Waals surface area contributed by atoms with Crippen LogP contribution in [0.25, 0.3) is 0 Å². The number of aliphatic hydroxyl groups excluding tert-OH is 1. The number of aryl methyl sites for hydroxylation is 2. The molecule has 0 saturated carbocycles. The molecule has 0 saturated heterocycles. The van der Waals surface area contributed by atoms with Crippen molar-refractivity contribution in [2.45, 2.75) is 65.3 Å². The van der Waals surface area contributed by atoms with Crippen molar-refractivity contribution in [3.63, 3.8) is 0 Å². The number of hydrogen-bond acceptors (Lipinski definition) is 2.